The van der Waals surface area contributed by atoms with Gasteiger partial charge in [-0.05, 0) is 30.3 Å². The summed E-state index contributed by atoms with van der Waals surface area (Å²) in [5, 5.41) is 2.54. The zero-order valence-electron chi connectivity index (χ0n) is 10.6. The number of amides is 1. The molecular weight excluding hydrogens is 266 g/mol. The van der Waals surface area contributed by atoms with Gasteiger partial charge >= 0.3 is 0 Å². The molecule has 0 aliphatic rings. The molecule has 2 aromatic rings. The molecule has 104 valence electrons. The van der Waals surface area contributed by atoms with Gasteiger partial charge in [0, 0.05) is 17.3 Å². The highest BCUT2D eigenvalue weighted by Gasteiger charge is 2.12. The maximum absolute atomic E-state index is 13.1. The van der Waals surface area contributed by atoms with Gasteiger partial charge in [-0.3, -0.25) is 4.79 Å². The molecule has 0 saturated heterocycles. The van der Waals surface area contributed by atoms with Crippen LogP contribution in [0, 0.1) is 11.6 Å². The molecule has 2 aromatic carbocycles. The number of benzene rings is 2. The van der Waals surface area contributed by atoms with Crippen LogP contribution in [0.25, 0.3) is 0 Å². The van der Waals surface area contributed by atoms with Crippen LogP contribution in [-0.2, 0) is 0 Å². The van der Waals surface area contributed by atoms with Crippen molar-refractivity contribution in [3.05, 3.63) is 53.6 Å². The van der Waals surface area contributed by atoms with E-state index in [-0.39, 0.29) is 5.56 Å². The lowest BCUT2D eigenvalue weighted by molar-refractivity contribution is 0.102. The van der Waals surface area contributed by atoms with Crippen LogP contribution in [-0.4, -0.2) is 13.0 Å². The number of carbonyl (C=O) groups excluding carboxylic acids is 1. The Kier molecular flexibility index (Phi) is 3.84. The van der Waals surface area contributed by atoms with E-state index >= 15 is 0 Å². The second kappa shape index (κ2) is 5.56. The average Bonchev–Trinajstić information content (AvgIpc) is 2.43. The largest absolute Gasteiger partial charge is 0.494 e. The average molecular weight is 278 g/mol. The summed E-state index contributed by atoms with van der Waals surface area (Å²) in [6.07, 6.45) is 0. The summed E-state index contributed by atoms with van der Waals surface area (Å²) >= 11 is 0. The molecule has 0 spiro atoms. The Labute approximate surface area is 114 Å². The normalized spacial score (nSPS) is 10.2. The van der Waals surface area contributed by atoms with E-state index in [1.807, 2.05) is 0 Å². The third-order valence-corrected chi connectivity index (χ3v) is 2.66. The van der Waals surface area contributed by atoms with E-state index in [2.05, 4.69) is 5.32 Å². The fraction of sp³-hybridized carbons (Fsp3) is 0.0714. The minimum absolute atomic E-state index is 0.00257. The Balaban J connectivity index is 2.25. The zero-order valence-corrected chi connectivity index (χ0v) is 10.6. The molecule has 4 nitrogen and oxygen atoms in total. The van der Waals surface area contributed by atoms with E-state index in [0.29, 0.717) is 17.1 Å². The Hall–Kier alpha value is -2.63. The Morgan fingerprint density at radius 1 is 1.15 bits per heavy atom. The smallest absolute Gasteiger partial charge is 0.255 e. The van der Waals surface area contributed by atoms with Gasteiger partial charge < -0.3 is 15.8 Å². The third kappa shape index (κ3) is 2.85. The summed E-state index contributed by atoms with van der Waals surface area (Å²) in [5.41, 5.74) is 6.47. The molecule has 1 amide bonds. The molecule has 0 atom stereocenters. The molecule has 0 aliphatic heterocycles. The molecule has 0 aliphatic carbocycles. The van der Waals surface area contributed by atoms with Crippen LogP contribution in [0.2, 0.25) is 0 Å². The highest BCUT2D eigenvalue weighted by atomic mass is 19.2. The van der Waals surface area contributed by atoms with Gasteiger partial charge in [-0.25, -0.2) is 8.78 Å². The maximum Gasteiger partial charge on any atom is 0.255 e. The van der Waals surface area contributed by atoms with Crippen molar-refractivity contribution in [2.24, 2.45) is 0 Å². The van der Waals surface area contributed by atoms with Gasteiger partial charge in [-0.15, -0.1) is 0 Å². The Morgan fingerprint density at radius 2 is 1.90 bits per heavy atom. The first kappa shape index (κ1) is 13.8. The van der Waals surface area contributed by atoms with Crippen molar-refractivity contribution in [1.82, 2.24) is 0 Å². The van der Waals surface area contributed by atoms with Crippen molar-refractivity contribution in [2.45, 2.75) is 0 Å². The second-order valence-electron chi connectivity index (χ2n) is 4.04. The number of methoxy groups -OCH3 is 1. The Morgan fingerprint density at radius 3 is 2.55 bits per heavy atom. The SMILES string of the molecule is COc1cc(N)ccc1NC(=O)c1ccc(F)c(F)c1. The molecular formula is C14H12F2N2O2. The van der Waals surface area contributed by atoms with E-state index in [9.17, 15) is 13.6 Å². The molecule has 0 bridgehead atoms. The molecule has 0 saturated carbocycles. The van der Waals surface area contributed by atoms with Gasteiger partial charge in [-0.2, -0.15) is 0 Å². The van der Waals surface area contributed by atoms with Crippen molar-refractivity contribution in [1.29, 1.82) is 0 Å². The first-order valence-electron chi connectivity index (χ1n) is 5.71. The lowest BCUT2D eigenvalue weighted by atomic mass is 10.2. The molecule has 0 unspecified atom stereocenters. The summed E-state index contributed by atoms with van der Waals surface area (Å²) in [7, 11) is 1.43. The van der Waals surface area contributed by atoms with Gasteiger partial charge in [0.05, 0.1) is 12.8 Å². The topological polar surface area (TPSA) is 64.3 Å². The standard InChI is InChI=1S/C14H12F2N2O2/c1-20-13-7-9(17)3-5-12(13)18-14(19)8-2-4-10(15)11(16)6-8/h2-7H,17H2,1H3,(H,18,19). The highest BCUT2D eigenvalue weighted by Crippen LogP contribution is 2.27. The summed E-state index contributed by atoms with van der Waals surface area (Å²) in [6.45, 7) is 0. The number of nitrogen functional groups attached to an aromatic ring is 1. The van der Waals surface area contributed by atoms with Gasteiger partial charge in [0.15, 0.2) is 11.6 Å². The highest BCUT2D eigenvalue weighted by molar-refractivity contribution is 6.05. The van der Waals surface area contributed by atoms with E-state index in [1.165, 1.54) is 13.2 Å². The van der Waals surface area contributed by atoms with E-state index in [1.54, 1.807) is 18.2 Å². The lowest BCUT2D eigenvalue weighted by Gasteiger charge is -2.11. The lowest BCUT2D eigenvalue weighted by Crippen LogP contribution is -2.13. The predicted octanol–water partition coefficient (Wildman–Crippen LogP) is 2.81. The summed E-state index contributed by atoms with van der Waals surface area (Å²) in [5.74, 6) is -2.29. The van der Waals surface area contributed by atoms with Crippen LogP contribution in [0.5, 0.6) is 5.75 Å². The first-order chi connectivity index (χ1) is 9.51. The van der Waals surface area contributed by atoms with Crippen molar-refractivity contribution in [3.63, 3.8) is 0 Å². The van der Waals surface area contributed by atoms with E-state index in [4.69, 9.17) is 10.5 Å². The molecule has 0 radical (unpaired) electrons. The summed E-state index contributed by atoms with van der Waals surface area (Å²) < 4.78 is 31.0. The van der Waals surface area contributed by atoms with Gasteiger partial charge in [0.2, 0.25) is 0 Å². The molecule has 0 heterocycles. The van der Waals surface area contributed by atoms with E-state index < -0.39 is 17.5 Å². The zero-order chi connectivity index (χ0) is 14.7. The fourth-order valence-electron chi connectivity index (χ4n) is 1.64. The number of nitrogens with two attached hydrogens (primary N) is 1. The number of anilines is 2. The quantitative estimate of drug-likeness (QED) is 0.848. The minimum Gasteiger partial charge on any atom is -0.494 e. The molecule has 3 N–H and O–H groups in total. The minimum atomic E-state index is -1.08. The molecule has 2 rings (SSSR count). The first-order valence-corrected chi connectivity index (χ1v) is 5.71. The van der Waals surface area contributed by atoms with Crippen LogP contribution >= 0.6 is 0 Å². The van der Waals surface area contributed by atoms with Gasteiger partial charge in [-0.1, -0.05) is 0 Å². The molecule has 0 aromatic heterocycles. The van der Waals surface area contributed by atoms with Crippen molar-refractivity contribution >= 4 is 17.3 Å². The van der Waals surface area contributed by atoms with Crippen LogP contribution in [0.15, 0.2) is 36.4 Å². The number of carbonyl (C=O) groups is 1. The van der Waals surface area contributed by atoms with Crippen molar-refractivity contribution < 1.29 is 18.3 Å². The number of ether oxygens (including phenoxy) is 1. The predicted molar refractivity (Wildman–Crippen MR) is 71.7 cm³/mol. The molecule has 0 fully saturated rings. The number of nitrogens with one attached hydrogen (secondary N) is 1. The van der Waals surface area contributed by atoms with Crippen molar-refractivity contribution in [2.75, 3.05) is 18.2 Å². The Bertz CT molecular complexity index is 660. The van der Waals surface area contributed by atoms with Gasteiger partial charge in [0.1, 0.15) is 5.75 Å². The van der Waals surface area contributed by atoms with Crippen LogP contribution in [0.1, 0.15) is 10.4 Å². The van der Waals surface area contributed by atoms with Crippen LogP contribution < -0.4 is 15.8 Å². The van der Waals surface area contributed by atoms with Crippen LogP contribution in [0.4, 0.5) is 20.2 Å². The number of halogens is 2. The number of rotatable bonds is 3. The van der Waals surface area contributed by atoms with Crippen molar-refractivity contribution in [3.8, 4) is 5.75 Å². The number of hydrogen-bond donors (Lipinski definition) is 2. The number of hydrogen-bond acceptors (Lipinski definition) is 3. The summed E-state index contributed by atoms with van der Waals surface area (Å²) in [4.78, 5) is 11.9. The second-order valence-corrected chi connectivity index (χ2v) is 4.04. The van der Waals surface area contributed by atoms with E-state index in [0.717, 1.165) is 12.1 Å². The monoisotopic (exact) mass is 278 g/mol. The fourth-order valence-corrected chi connectivity index (χ4v) is 1.64. The third-order valence-electron chi connectivity index (χ3n) is 2.66. The summed E-state index contributed by atoms with van der Waals surface area (Å²) in [6, 6.07) is 7.60. The molecule has 6 heteroatoms. The molecule has 20 heavy (non-hydrogen) atoms. The van der Waals surface area contributed by atoms with Gasteiger partial charge in [0.25, 0.3) is 5.91 Å². The maximum atomic E-state index is 13.1. The van der Waals surface area contributed by atoms with Crippen LogP contribution in [0.3, 0.4) is 0 Å².